The van der Waals surface area contributed by atoms with Gasteiger partial charge in [-0.1, -0.05) is 42.1 Å². The summed E-state index contributed by atoms with van der Waals surface area (Å²) in [6, 6.07) is 14.1. The van der Waals surface area contributed by atoms with Gasteiger partial charge in [0.2, 0.25) is 23.2 Å². The van der Waals surface area contributed by atoms with Gasteiger partial charge in [-0.15, -0.1) is 10.2 Å². The number of aromatic nitrogens is 3. The minimum atomic E-state index is -0.803. The van der Waals surface area contributed by atoms with Gasteiger partial charge in [0.25, 0.3) is 0 Å². The van der Waals surface area contributed by atoms with Gasteiger partial charge in [0.15, 0.2) is 5.69 Å². The Morgan fingerprint density at radius 1 is 1.10 bits per heavy atom. The Morgan fingerprint density at radius 3 is 2.50 bits per heavy atom. The van der Waals surface area contributed by atoms with Crippen molar-refractivity contribution in [2.75, 3.05) is 18.3 Å². The zero-order valence-electron chi connectivity index (χ0n) is 16.5. The number of amides is 1. The number of esters is 1. The van der Waals surface area contributed by atoms with Crippen LogP contribution in [0.1, 0.15) is 29.1 Å². The third-order valence-corrected chi connectivity index (χ3v) is 5.19. The van der Waals surface area contributed by atoms with Crippen LogP contribution >= 0.6 is 11.8 Å². The first-order chi connectivity index (χ1) is 14.5. The van der Waals surface area contributed by atoms with Gasteiger partial charge in [0.1, 0.15) is 0 Å². The van der Waals surface area contributed by atoms with Gasteiger partial charge in [-0.25, -0.2) is 4.79 Å². The van der Waals surface area contributed by atoms with Crippen LogP contribution in [0, 0.1) is 0 Å². The first-order valence-electron chi connectivity index (χ1n) is 9.06. The first kappa shape index (κ1) is 19.8. The van der Waals surface area contributed by atoms with Gasteiger partial charge in [-0.2, -0.15) is 4.98 Å². The predicted molar refractivity (Wildman–Crippen MR) is 111 cm³/mol. The number of ether oxygens (including phenoxy) is 2. The molecule has 152 valence electrons. The summed E-state index contributed by atoms with van der Waals surface area (Å²) < 4.78 is 11.0. The van der Waals surface area contributed by atoms with Crippen molar-refractivity contribution in [1.82, 2.24) is 15.2 Å². The van der Waals surface area contributed by atoms with Gasteiger partial charge in [-0.05, 0) is 24.5 Å². The number of hydrogen-bond donors (Lipinski definition) is 0. The fraction of sp³-hybridized carbons (Fsp3) is 0.190. The number of fused-ring (bicyclic) bond motifs is 3. The van der Waals surface area contributed by atoms with Crippen LogP contribution < -0.4 is 9.64 Å². The zero-order valence-corrected chi connectivity index (χ0v) is 17.3. The van der Waals surface area contributed by atoms with Gasteiger partial charge in [0.05, 0.1) is 18.4 Å². The second-order valence-corrected chi connectivity index (χ2v) is 7.22. The minimum Gasteiger partial charge on any atom is -0.465 e. The summed E-state index contributed by atoms with van der Waals surface area (Å²) in [5.41, 5.74) is 2.87. The highest BCUT2D eigenvalue weighted by Gasteiger charge is 2.34. The highest BCUT2D eigenvalue weighted by Crippen LogP contribution is 2.43. The van der Waals surface area contributed by atoms with Crippen LogP contribution in [0.3, 0.4) is 0 Å². The molecule has 1 aliphatic heterocycles. The first-order valence-corrected chi connectivity index (χ1v) is 10.3. The van der Waals surface area contributed by atoms with Crippen LogP contribution in [-0.2, 0) is 9.53 Å². The molecule has 4 rings (SSSR count). The van der Waals surface area contributed by atoms with E-state index in [1.54, 1.807) is 29.2 Å². The highest BCUT2D eigenvalue weighted by atomic mass is 32.2. The predicted octanol–water partition coefficient (Wildman–Crippen LogP) is 3.49. The van der Waals surface area contributed by atoms with Crippen molar-refractivity contribution in [1.29, 1.82) is 0 Å². The molecule has 8 nitrogen and oxygen atoms in total. The molecular formula is C21H18N4O4S. The lowest BCUT2D eigenvalue weighted by molar-refractivity contribution is -0.118. The van der Waals surface area contributed by atoms with Crippen LogP contribution in [0.25, 0.3) is 11.3 Å². The molecule has 0 fully saturated rings. The monoisotopic (exact) mass is 422 g/mol. The van der Waals surface area contributed by atoms with E-state index >= 15 is 0 Å². The minimum absolute atomic E-state index is 0.213. The molecule has 1 aliphatic rings. The number of thioether (sulfide) groups is 1. The lowest BCUT2D eigenvalue weighted by atomic mass is 10.1. The fourth-order valence-electron chi connectivity index (χ4n) is 3.26. The normalized spacial score (nSPS) is 14.8. The van der Waals surface area contributed by atoms with Crippen LogP contribution in [0.5, 0.6) is 5.88 Å². The number of anilines is 1. The van der Waals surface area contributed by atoms with Crippen LogP contribution in [0.15, 0.2) is 53.7 Å². The lowest BCUT2D eigenvalue weighted by Gasteiger charge is -2.29. The SMILES string of the molecule is COC(=O)c1ccc([C@H]2Oc3nc(SC)nnc3-c3ccccc3N2C(C)=O)cc1. The van der Waals surface area contributed by atoms with Crippen LogP contribution in [-0.4, -0.2) is 40.4 Å². The Labute approximate surface area is 177 Å². The molecule has 1 amide bonds. The third-order valence-electron chi connectivity index (χ3n) is 4.65. The number of carbonyl (C=O) groups excluding carboxylic acids is 2. The summed E-state index contributed by atoms with van der Waals surface area (Å²) in [7, 11) is 1.33. The average molecular weight is 422 g/mol. The largest absolute Gasteiger partial charge is 0.465 e. The second kappa shape index (κ2) is 8.11. The van der Waals surface area contributed by atoms with Crippen LogP contribution in [0.4, 0.5) is 5.69 Å². The molecule has 2 heterocycles. The van der Waals surface area contributed by atoms with Crippen molar-refractivity contribution in [3.8, 4) is 17.1 Å². The fourth-order valence-corrected chi connectivity index (χ4v) is 3.55. The van der Waals surface area contributed by atoms with E-state index in [2.05, 4.69) is 15.2 Å². The Hall–Kier alpha value is -3.46. The molecule has 9 heteroatoms. The van der Waals surface area contributed by atoms with E-state index in [9.17, 15) is 9.59 Å². The number of nitrogens with zero attached hydrogens (tertiary/aromatic N) is 4. The Balaban J connectivity index is 1.89. The summed E-state index contributed by atoms with van der Waals surface area (Å²) in [6.07, 6.45) is 1.04. The molecule has 1 atom stereocenters. The van der Waals surface area contributed by atoms with Gasteiger partial charge < -0.3 is 9.47 Å². The maximum atomic E-state index is 12.7. The molecule has 0 unspecified atom stereocenters. The molecule has 30 heavy (non-hydrogen) atoms. The summed E-state index contributed by atoms with van der Waals surface area (Å²) >= 11 is 1.34. The maximum Gasteiger partial charge on any atom is 0.337 e. The Bertz CT molecular complexity index is 1120. The van der Waals surface area contributed by atoms with Crippen molar-refractivity contribution in [3.05, 3.63) is 59.7 Å². The standard InChI is InChI=1S/C21H18N4O4S/c1-12(26)25-16-7-5-4-6-15(16)17-18(22-21(30-3)24-23-17)29-19(25)13-8-10-14(11-9-13)20(27)28-2/h4-11,19H,1-3H3/t19-/m1/s1. The van der Waals surface area contributed by atoms with E-state index in [4.69, 9.17) is 9.47 Å². The molecule has 1 aromatic heterocycles. The summed E-state index contributed by atoms with van der Waals surface area (Å²) in [6.45, 7) is 1.47. The summed E-state index contributed by atoms with van der Waals surface area (Å²) in [5.74, 6) is -0.369. The highest BCUT2D eigenvalue weighted by molar-refractivity contribution is 7.98. The zero-order chi connectivity index (χ0) is 21.3. The van der Waals surface area contributed by atoms with Crippen molar-refractivity contribution >= 4 is 29.3 Å². The topological polar surface area (TPSA) is 94.5 Å². The number of carbonyl (C=O) groups is 2. The molecule has 0 aliphatic carbocycles. The van der Waals surface area contributed by atoms with E-state index in [0.29, 0.717) is 33.2 Å². The van der Waals surface area contributed by atoms with Gasteiger partial charge in [-0.3, -0.25) is 9.69 Å². The van der Waals surface area contributed by atoms with E-state index in [0.717, 1.165) is 0 Å². The van der Waals surface area contributed by atoms with E-state index < -0.39 is 12.2 Å². The van der Waals surface area contributed by atoms with Crippen LogP contribution in [0.2, 0.25) is 0 Å². The van der Waals surface area contributed by atoms with E-state index in [-0.39, 0.29) is 11.8 Å². The van der Waals surface area contributed by atoms with E-state index in [1.165, 1.54) is 25.8 Å². The third kappa shape index (κ3) is 3.48. The smallest absolute Gasteiger partial charge is 0.337 e. The molecule has 2 aromatic carbocycles. The van der Waals surface area contributed by atoms with Gasteiger partial charge in [0, 0.05) is 18.1 Å². The lowest BCUT2D eigenvalue weighted by Crippen LogP contribution is -2.36. The summed E-state index contributed by atoms with van der Waals surface area (Å²) in [4.78, 5) is 30.5. The molecule has 0 N–H and O–H groups in total. The maximum absolute atomic E-state index is 12.7. The number of para-hydroxylation sites is 1. The Morgan fingerprint density at radius 2 is 1.83 bits per heavy atom. The van der Waals surface area contributed by atoms with Crippen molar-refractivity contribution in [3.63, 3.8) is 0 Å². The molecule has 0 bridgehead atoms. The number of methoxy groups -OCH3 is 1. The molecular weight excluding hydrogens is 404 g/mol. The molecule has 3 aromatic rings. The Kier molecular flexibility index (Phi) is 5.37. The molecule has 0 saturated carbocycles. The molecule has 0 spiro atoms. The number of hydrogen-bond acceptors (Lipinski definition) is 8. The van der Waals surface area contributed by atoms with Crippen molar-refractivity contribution in [2.45, 2.75) is 18.3 Å². The number of rotatable bonds is 3. The number of benzene rings is 2. The van der Waals surface area contributed by atoms with Gasteiger partial charge >= 0.3 is 5.97 Å². The average Bonchev–Trinajstić information content (AvgIpc) is 2.92. The quantitative estimate of drug-likeness (QED) is 0.468. The second-order valence-electron chi connectivity index (χ2n) is 6.44. The van der Waals surface area contributed by atoms with E-state index in [1.807, 2.05) is 30.5 Å². The van der Waals surface area contributed by atoms with Crippen molar-refractivity contribution < 1.29 is 19.1 Å². The molecule has 0 radical (unpaired) electrons. The summed E-state index contributed by atoms with van der Waals surface area (Å²) in [5, 5.41) is 8.89. The van der Waals surface area contributed by atoms with Crippen molar-refractivity contribution in [2.24, 2.45) is 0 Å². The molecule has 0 saturated heterocycles.